The number of hydrogen-bond acceptors (Lipinski definition) is 5. The Morgan fingerprint density at radius 1 is 1.60 bits per heavy atom. The van der Waals surface area contributed by atoms with E-state index >= 15 is 0 Å². The van der Waals surface area contributed by atoms with Gasteiger partial charge in [-0.05, 0) is 20.8 Å². The zero-order chi connectivity index (χ0) is 11.5. The Bertz CT molecular complexity index is 340. The largest absolute Gasteiger partial charge is 0.455 e. The van der Waals surface area contributed by atoms with Crippen LogP contribution in [0.2, 0.25) is 0 Å². The average Bonchev–Trinajstić information content (AvgIpc) is 2.50. The van der Waals surface area contributed by atoms with Gasteiger partial charge >= 0.3 is 5.97 Å². The third-order valence-electron chi connectivity index (χ3n) is 1.50. The van der Waals surface area contributed by atoms with Crippen LogP contribution in [0.15, 0.2) is 6.20 Å². The van der Waals surface area contributed by atoms with Crippen molar-refractivity contribution in [2.24, 2.45) is 5.73 Å². The first kappa shape index (κ1) is 11.6. The van der Waals surface area contributed by atoms with E-state index in [1.54, 1.807) is 20.8 Å². The van der Waals surface area contributed by atoms with Crippen LogP contribution in [-0.2, 0) is 11.3 Å². The summed E-state index contributed by atoms with van der Waals surface area (Å²) in [5.74, 6) is -0.467. The number of carbonyl (C=O) groups is 1. The first-order valence-electron chi connectivity index (χ1n) is 4.76. The molecule has 0 aromatic carbocycles. The van der Waals surface area contributed by atoms with Crippen LogP contribution in [-0.4, -0.2) is 33.1 Å². The van der Waals surface area contributed by atoms with E-state index in [9.17, 15) is 4.79 Å². The van der Waals surface area contributed by atoms with E-state index in [-0.39, 0.29) is 5.69 Å². The van der Waals surface area contributed by atoms with E-state index < -0.39 is 11.6 Å². The monoisotopic (exact) mass is 212 g/mol. The van der Waals surface area contributed by atoms with Gasteiger partial charge in [-0.25, -0.2) is 4.79 Å². The highest BCUT2D eigenvalue weighted by molar-refractivity contribution is 5.86. The maximum atomic E-state index is 11.5. The molecule has 1 heterocycles. The van der Waals surface area contributed by atoms with E-state index in [1.807, 2.05) is 0 Å². The van der Waals surface area contributed by atoms with Gasteiger partial charge in [0.25, 0.3) is 0 Å². The van der Waals surface area contributed by atoms with Crippen molar-refractivity contribution in [2.45, 2.75) is 32.9 Å². The second kappa shape index (κ2) is 4.39. The smallest absolute Gasteiger partial charge is 0.361 e. The highest BCUT2D eigenvalue weighted by Gasteiger charge is 2.20. The fraction of sp³-hybridized carbons (Fsp3) is 0.667. The van der Waals surface area contributed by atoms with Crippen LogP contribution >= 0.6 is 0 Å². The molecule has 6 nitrogen and oxygen atoms in total. The zero-order valence-corrected chi connectivity index (χ0v) is 9.23. The number of nitrogens with two attached hydrogens (primary N) is 1. The molecular formula is C9H16N4O2. The number of esters is 1. The molecule has 0 aliphatic heterocycles. The third kappa shape index (κ3) is 3.67. The minimum Gasteiger partial charge on any atom is -0.455 e. The molecule has 0 saturated heterocycles. The Morgan fingerprint density at radius 2 is 2.27 bits per heavy atom. The third-order valence-corrected chi connectivity index (χ3v) is 1.50. The van der Waals surface area contributed by atoms with Gasteiger partial charge in [0.15, 0.2) is 5.69 Å². The van der Waals surface area contributed by atoms with Gasteiger partial charge in [-0.15, -0.1) is 5.10 Å². The lowest BCUT2D eigenvalue weighted by Crippen LogP contribution is -2.24. The second-order valence-corrected chi connectivity index (χ2v) is 4.16. The molecule has 0 radical (unpaired) electrons. The highest BCUT2D eigenvalue weighted by atomic mass is 16.6. The quantitative estimate of drug-likeness (QED) is 0.723. The molecule has 0 aliphatic carbocycles. The van der Waals surface area contributed by atoms with Gasteiger partial charge in [0.1, 0.15) is 5.60 Å². The molecule has 1 aromatic heterocycles. The fourth-order valence-corrected chi connectivity index (χ4v) is 0.964. The topological polar surface area (TPSA) is 83.0 Å². The predicted molar refractivity (Wildman–Crippen MR) is 54.2 cm³/mol. The summed E-state index contributed by atoms with van der Waals surface area (Å²) in [6.45, 7) is 6.40. The summed E-state index contributed by atoms with van der Waals surface area (Å²) in [5.41, 5.74) is 5.03. The maximum Gasteiger partial charge on any atom is 0.361 e. The number of nitrogens with zero attached hydrogens (tertiary/aromatic N) is 3. The molecule has 6 heteroatoms. The van der Waals surface area contributed by atoms with E-state index in [0.717, 1.165) is 0 Å². The van der Waals surface area contributed by atoms with Gasteiger partial charge in [0.05, 0.1) is 12.7 Å². The molecule has 15 heavy (non-hydrogen) atoms. The molecule has 0 unspecified atom stereocenters. The Labute approximate surface area is 88.4 Å². The van der Waals surface area contributed by atoms with Crippen LogP contribution in [0.4, 0.5) is 0 Å². The first-order chi connectivity index (χ1) is 6.92. The summed E-state index contributed by atoms with van der Waals surface area (Å²) in [4.78, 5) is 11.5. The summed E-state index contributed by atoms with van der Waals surface area (Å²) in [5, 5.41) is 7.44. The minimum absolute atomic E-state index is 0.207. The molecule has 0 fully saturated rings. The summed E-state index contributed by atoms with van der Waals surface area (Å²) >= 11 is 0. The first-order valence-corrected chi connectivity index (χ1v) is 4.76. The highest BCUT2D eigenvalue weighted by Crippen LogP contribution is 2.09. The van der Waals surface area contributed by atoms with Crippen molar-refractivity contribution in [3.63, 3.8) is 0 Å². The Hall–Kier alpha value is -1.43. The molecule has 0 aliphatic rings. The normalized spacial score (nSPS) is 11.5. The van der Waals surface area contributed by atoms with Crippen LogP contribution in [0.5, 0.6) is 0 Å². The summed E-state index contributed by atoms with van der Waals surface area (Å²) in [7, 11) is 0. The zero-order valence-electron chi connectivity index (χ0n) is 9.23. The van der Waals surface area contributed by atoms with E-state index in [2.05, 4.69) is 10.3 Å². The van der Waals surface area contributed by atoms with Crippen LogP contribution in [0.25, 0.3) is 0 Å². The average molecular weight is 212 g/mol. The molecule has 0 saturated carbocycles. The Morgan fingerprint density at radius 3 is 2.80 bits per heavy atom. The van der Waals surface area contributed by atoms with Gasteiger partial charge in [-0.2, -0.15) is 0 Å². The molecule has 2 N–H and O–H groups in total. The number of rotatable bonds is 3. The lowest BCUT2D eigenvalue weighted by atomic mass is 10.2. The minimum atomic E-state index is -0.519. The van der Waals surface area contributed by atoms with Gasteiger partial charge < -0.3 is 10.5 Å². The molecule has 1 rings (SSSR count). The van der Waals surface area contributed by atoms with Crippen molar-refractivity contribution in [3.8, 4) is 0 Å². The number of carbonyl (C=O) groups excluding carboxylic acids is 1. The summed E-state index contributed by atoms with van der Waals surface area (Å²) in [6.07, 6.45) is 1.53. The molecule has 1 aromatic rings. The Balaban J connectivity index is 2.66. The van der Waals surface area contributed by atoms with Crippen molar-refractivity contribution in [2.75, 3.05) is 6.54 Å². The summed E-state index contributed by atoms with van der Waals surface area (Å²) < 4.78 is 6.64. The van der Waals surface area contributed by atoms with Gasteiger partial charge in [-0.1, -0.05) is 5.21 Å². The van der Waals surface area contributed by atoms with E-state index in [0.29, 0.717) is 13.1 Å². The molecule has 0 spiro atoms. The van der Waals surface area contributed by atoms with Gasteiger partial charge in [-0.3, -0.25) is 4.68 Å². The van der Waals surface area contributed by atoms with E-state index in [4.69, 9.17) is 10.5 Å². The van der Waals surface area contributed by atoms with Crippen LogP contribution in [0, 0.1) is 0 Å². The molecule has 0 bridgehead atoms. The van der Waals surface area contributed by atoms with E-state index in [1.165, 1.54) is 10.9 Å². The van der Waals surface area contributed by atoms with Crippen molar-refractivity contribution >= 4 is 5.97 Å². The van der Waals surface area contributed by atoms with Crippen LogP contribution in [0.3, 0.4) is 0 Å². The maximum absolute atomic E-state index is 11.5. The van der Waals surface area contributed by atoms with Gasteiger partial charge in [0, 0.05) is 6.54 Å². The van der Waals surface area contributed by atoms with Gasteiger partial charge in [0.2, 0.25) is 0 Å². The molecule has 0 atom stereocenters. The number of aromatic nitrogens is 3. The lowest BCUT2D eigenvalue weighted by molar-refractivity contribution is 0.00627. The molecule has 84 valence electrons. The summed E-state index contributed by atoms with van der Waals surface area (Å²) in [6, 6.07) is 0. The second-order valence-electron chi connectivity index (χ2n) is 4.16. The molecule has 0 amide bonds. The van der Waals surface area contributed by atoms with Crippen molar-refractivity contribution in [3.05, 3.63) is 11.9 Å². The lowest BCUT2D eigenvalue weighted by Gasteiger charge is -2.18. The van der Waals surface area contributed by atoms with Crippen molar-refractivity contribution < 1.29 is 9.53 Å². The van der Waals surface area contributed by atoms with Crippen molar-refractivity contribution in [1.82, 2.24) is 15.0 Å². The van der Waals surface area contributed by atoms with Crippen LogP contribution < -0.4 is 5.73 Å². The Kier molecular flexibility index (Phi) is 3.41. The SMILES string of the molecule is CC(C)(C)OC(=O)c1cn(CCN)nn1. The fourth-order valence-electron chi connectivity index (χ4n) is 0.964. The number of hydrogen-bond donors (Lipinski definition) is 1. The van der Waals surface area contributed by atoms with Crippen LogP contribution in [0.1, 0.15) is 31.3 Å². The molecular weight excluding hydrogens is 196 g/mol. The number of ether oxygens (including phenoxy) is 1. The standard InChI is InChI=1S/C9H16N4O2/c1-9(2,3)15-8(14)7-6-13(5-4-10)12-11-7/h6H,4-5,10H2,1-3H3. The van der Waals surface area contributed by atoms with Crippen molar-refractivity contribution in [1.29, 1.82) is 0 Å². The predicted octanol–water partition coefficient (Wildman–Crippen LogP) is 0.192.